The zero-order valence-corrected chi connectivity index (χ0v) is 12.7. The highest BCUT2D eigenvalue weighted by Crippen LogP contribution is 2.36. The van der Waals surface area contributed by atoms with Crippen LogP contribution in [-0.2, 0) is 0 Å². The van der Waals surface area contributed by atoms with Crippen molar-refractivity contribution in [3.8, 4) is 17.6 Å². The highest BCUT2D eigenvalue weighted by molar-refractivity contribution is 9.10. The number of benzene rings is 2. The van der Waals surface area contributed by atoms with Gasteiger partial charge >= 0.3 is 0 Å². The minimum Gasteiger partial charge on any atom is -0.503 e. The van der Waals surface area contributed by atoms with E-state index in [-0.39, 0.29) is 11.5 Å². The lowest BCUT2D eigenvalue weighted by Gasteiger charge is -2.07. The van der Waals surface area contributed by atoms with Crippen molar-refractivity contribution < 1.29 is 14.2 Å². The summed E-state index contributed by atoms with van der Waals surface area (Å²) < 4.78 is 18.7. The number of halogens is 2. The monoisotopic (exact) mass is 347 g/mol. The Labute approximate surface area is 130 Å². The van der Waals surface area contributed by atoms with Crippen molar-refractivity contribution in [3.63, 3.8) is 0 Å². The van der Waals surface area contributed by atoms with E-state index >= 15 is 0 Å². The van der Waals surface area contributed by atoms with Gasteiger partial charge in [-0.1, -0.05) is 12.1 Å². The van der Waals surface area contributed by atoms with Crippen molar-refractivity contribution in [2.75, 3.05) is 7.11 Å². The van der Waals surface area contributed by atoms with Crippen molar-refractivity contribution in [1.29, 1.82) is 5.26 Å². The topological polar surface area (TPSA) is 53.2 Å². The molecule has 0 aromatic heterocycles. The second-order valence-corrected chi connectivity index (χ2v) is 5.09. The summed E-state index contributed by atoms with van der Waals surface area (Å²) in [6, 6.07) is 11.1. The standard InChI is InChI=1S/C16H11BrFNO2/c1-21-15-7-10(6-14(17)16(15)20)5-12(9-19)11-3-2-4-13(18)8-11/h2-8,20H,1H3/b12-5-. The SMILES string of the molecule is COc1cc(/C=C(/C#N)c2cccc(F)c2)cc(Br)c1O. The van der Waals surface area contributed by atoms with Gasteiger partial charge in [-0.2, -0.15) is 5.26 Å². The number of methoxy groups -OCH3 is 1. The zero-order chi connectivity index (χ0) is 15.4. The highest BCUT2D eigenvalue weighted by Gasteiger charge is 2.09. The molecular formula is C16H11BrFNO2. The van der Waals surface area contributed by atoms with Gasteiger partial charge in [0, 0.05) is 0 Å². The summed E-state index contributed by atoms with van der Waals surface area (Å²) in [6.45, 7) is 0. The summed E-state index contributed by atoms with van der Waals surface area (Å²) >= 11 is 3.22. The Morgan fingerprint density at radius 2 is 2.14 bits per heavy atom. The van der Waals surface area contributed by atoms with Gasteiger partial charge in [0.1, 0.15) is 5.82 Å². The molecule has 1 N–H and O–H groups in total. The fourth-order valence-corrected chi connectivity index (χ4v) is 2.30. The molecule has 0 aliphatic heterocycles. The van der Waals surface area contributed by atoms with E-state index < -0.39 is 5.82 Å². The predicted octanol–water partition coefficient (Wildman–Crippen LogP) is 4.37. The van der Waals surface area contributed by atoms with E-state index in [1.807, 2.05) is 6.07 Å². The first-order chi connectivity index (χ1) is 10.0. The minimum absolute atomic E-state index is 0.0149. The molecule has 5 heteroatoms. The van der Waals surface area contributed by atoms with Crippen LogP contribution in [0.25, 0.3) is 11.6 Å². The van der Waals surface area contributed by atoms with E-state index in [0.29, 0.717) is 21.2 Å². The third-order valence-corrected chi connectivity index (χ3v) is 3.44. The van der Waals surface area contributed by atoms with E-state index in [4.69, 9.17) is 4.74 Å². The van der Waals surface area contributed by atoms with Crippen LogP contribution >= 0.6 is 15.9 Å². The molecule has 0 aliphatic carbocycles. The normalized spacial score (nSPS) is 11.0. The number of allylic oxidation sites excluding steroid dienone is 1. The van der Waals surface area contributed by atoms with Crippen LogP contribution in [0.15, 0.2) is 40.9 Å². The maximum absolute atomic E-state index is 13.2. The minimum atomic E-state index is -0.405. The Morgan fingerprint density at radius 3 is 2.76 bits per heavy atom. The van der Waals surface area contributed by atoms with E-state index in [0.717, 1.165) is 0 Å². The van der Waals surface area contributed by atoms with Gasteiger partial charge in [-0.25, -0.2) is 4.39 Å². The molecule has 0 saturated carbocycles. The second kappa shape index (κ2) is 6.42. The Bertz CT molecular complexity index is 750. The first kappa shape index (κ1) is 15.1. The summed E-state index contributed by atoms with van der Waals surface area (Å²) in [6.07, 6.45) is 1.60. The van der Waals surface area contributed by atoms with Crippen molar-refractivity contribution in [2.24, 2.45) is 0 Å². The van der Waals surface area contributed by atoms with E-state index in [9.17, 15) is 14.8 Å². The molecule has 0 bridgehead atoms. The number of aromatic hydroxyl groups is 1. The third kappa shape index (κ3) is 3.41. The fourth-order valence-electron chi connectivity index (χ4n) is 1.84. The van der Waals surface area contributed by atoms with Crippen LogP contribution < -0.4 is 4.74 Å². The van der Waals surface area contributed by atoms with Crippen molar-refractivity contribution >= 4 is 27.6 Å². The molecule has 0 atom stereocenters. The van der Waals surface area contributed by atoms with Gasteiger partial charge in [0.05, 0.1) is 23.2 Å². The number of rotatable bonds is 3. The quantitative estimate of drug-likeness (QED) is 0.662. The van der Waals surface area contributed by atoms with Crippen LogP contribution in [0.5, 0.6) is 11.5 Å². The number of phenolic OH excluding ortho intramolecular Hbond substituents is 1. The first-order valence-corrected chi connectivity index (χ1v) is 6.78. The summed E-state index contributed by atoms with van der Waals surface area (Å²) in [5, 5.41) is 19.0. The second-order valence-electron chi connectivity index (χ2n) is 4.23. The van der Waals surface area contributed by atoms with Crippen LogP contribution in [0.3, 0.4) is 0 Å². The van der Waals surface area contributed by atoms with Crippen LogP contribution in [0.2, 0.25) is 0 Å². The number of nitrogens with zero attached hydrogens (tertiary/aromatic N) is 1. The molecule has 3 nitrogen and oxygen atoms in total. The molecule has 0 heterocycles. The average Bonchev–Trinajstić information content (AvgIpc) is 2.48. The lowest BCUT2D eigenvalue weighted by Crippen LogP contribution is -1.87. The van der Waals surface area contributed by atoms with Gasteiger partial charge in [-0.15, -0.1) is 0 Å². The molecule has 0 spiro atoms. The molecular weight excluding hydrogens is 337 g/mol. The molecule has 0 unspecified atom stereocenters. The van der Waals surface area contributed by atoms with Crippen molar-refractivity contribution in [1.82, 2.24) is 0 Å². The smallest absolute Gasteiger partial charge is 0.172 e. The van der Waals surface area contributed by atoms with Crippen molar-refractivity contribution in [3.05, 3.63) is 57.8 Å². The first-order valence-electron chi connectivity index (χ1n) is 5.99. The molecule has 2 aromatic rings. The zero-order valence-electron chi connectivity index (χ0n) is 11.1. The van der Waals surface area contributed by atoms with Crippen LogP contribution in [0, 0.1) is 17.1 Å². The Morgan fingerprint density at radius 1 is 1.38 bits per heavy atom. The van der Waals surface area contributed by atoms with E-state index in [1.165, 1.54) is 19.2 Å². The molecule has 0 saturated heterocycles. The predicted molar refractivity (Wildman–Crippen MR) is 82.2 cm³/mol. The fraction of sp³-hybridized carbons (Fsp3) is 0.0625. The Balaban J connectivity index is 2.51. The molecule has 0 radical (unpaired) electrons. The van der Waals surface area contributed by atoms with Gasteiger partial charge in [-0.05, 0) is 57.4 Å². The molecule has 2 rings (SSSR count). The Kier molecular flexibility index (Phi) is 4.61. The largest absolute Gasteiger partial charge is 0.503 e. The molecule has 0 aliphatic rings. The van der Waals surface area contributed by atoms with Crippen LogP contribution in [0.4, 0.5) is 4.39 Å². The van der Waals surface area contributed by atoms with Gasteiger partial charge < -0.3 is 9.84 Å². The Hall–Kier alpha value is -2.32. The summed E-state index contributed by atoms with van der Waals surface area (Å²) in [5.41, 5.74) is 1.45. The average molecular weight is 348 g/mol. The van der Waals surface area contributed by atoms with Crippen LogP contribution in [0.1, 0.15) is 11.1 Å². The summed E-state index contributed by atoms with van der Waals surface area (Å²) in [5.74, 6) is -0.135. The van der Waals surface area contributed by atoms with E-state index in [1.54, 1.807) is 30.3 Å². The molecule has 0 amide bonds. The third-order valence-electron chi connectivity index (χ3n) is 2.84. The van der Waals surface area contributed by atoms with Gasteiger partial charge in [0.25, 0.3) is 0 Å². The van der Waals surface area contributed by atoms with Crippen LogP contribution in [-0.4, -0.2) is 12.2 Å². The van der Waals surface area contributed by atoms with Crippen molar-refractivity contribution in [2.45, 2.75) is 0 Å². The number of hydrogen-bond donors (Lipinski definition) is 1. The van der Waals surface area contributed by atoms with E-state index in [2.05, 4.69) is 15.9 Å². The molecule has 0 fully saturated rings. The van der Waals surface area contributed by atoms with Gasteiger partial charge in [0.2, 0.25) is 0 Å². The van der Waals surface area contributed by atoms with Gasteiger partial charge in [-0.3, -0.25) is 0 Å². The van der Waals surface area contributed by atoms with Gasteiger partial charge in [0.15, 0.2) is 11.5 Å². The maximum atomic E-state index is 13.2. The maximum Gasteiger partial charge on any atom is 0.172 e. The number of hydrogen-bond acceptors (Lipinski definition) is 3. The molecule has 2 aromatic carbocycles. The summed E-state index contributed by atoms with van der Waals surface area (Å²) in [4.78, 5) is 0. The highest BCUT2D eigenvalue weighted by atomic mass is 79.9. The lowest BCUT2D eigenvalue weighted by atomic mass is 10.0. The number of ether oxygens (including phenoxy) is 1. The molecule has 21 heavy (non-hydrogen) atoms. The number of nitriles is 1. The lowest BCUT2D eigenvalue weighted by molar-refractivity contribution is 0.372. The number of phenols is 1. The summed E-state index contributed by atoms with van der Waals surface area (Å²) in [7, 11) is 1.44. The molecule has 106 valence electrons.